The van der Waals surface area contributed by atoms with Crippen LogP contribution in [0.3, 0.4) is 0 Å². The largest absolute Gasteiger partial charge is 0.493 e. The van der Waals surface area contributed by atoms with Crippen molar-refractivity contribution >= 4 is 33.2 Å². The third kappa shape index (κ3) is 3.45. The summed E-state index contributed by atoms with van der Waals surface area (Å²) in [6, 6.07) is 7.59. The molecule has 0 radical (unpaired) electrons. The quantitative estimate of drug-likeness (QED) is 0.839. The van der Waals surface area contributed by atoms with Gasteiger partial charge in [0.05, 0.1) is 23.8 Å². The lowest BCUT2D eigenvalue weighted by molar-refractivity contribution is 0.413. The Bertz CT molecular complexity index is 569. The highest BCUT2D eigenvalue weighted by atomic mass is 79.9. The SMILES string of the molecule is CCc1ccc(CNc2cc(Cl)cc(Br)c2OC)o1. The summed E-state index contributed by atoms with van der Waals surface area (Å²) in [6.45, 7) is 2.65. The second kappa shape index (κ2) is 6.35. The van der Waals surface area contributed by atoms with Crippen molar-refractivity contribution in [3.8, 4) is 5.75 Å². The number of furan rings is 1. The number of methoxy groups -OCH3 is 1. The molecule has 19 heavy (non-hydrogen) atoms. The van der Waals surface area contributed by atoms with Crippen LogP contribution in [0.5, 0.6) is 5.75 Å². The van der Waals surface area contributed by atoms with E-state index in [1.54, 1.807) is 13.2 Å². The number of aryl methyl sites for hydroxylation is 1. The summed E-state index contributed by atoms with van der Waals surface area (Å²) in [5.41, 5.74) is 0.830. The Hall–Kier alpha value is -1.13. The van der Waals surface area contributed by atoms with Crippen molar-refractivity contribution in [3.05, 3.63) is 45.3 Å². The first-order valence-corrected chi connectivity index (χ1v) is 7.15. The summed E-state index contributed by atoms with van der Waals surface area (Å²) in [6.07, 6.45) is 0.895. The molecule has 0 fully saturated rings. The molecule has 0 unspecified atom stereocenters. The molecule has 1 N–H and O–H groups in total. The minimum Gasteiger partial charge on any atom is -0.493 e. The number of rotatable bonds is 5. The summed E-state index contributed by atoms with van der Waals surface area (Å²) in [5, 5.41) is 3.91. The van der Waals surface area contributed by atoms with Gasteiger partial charge in [0.25, 0.3) is 0 Å². The highest BCUT2D eigenvalue weighted by molar-refractivity contribution is 9.10. The standard InChI is InChI=1S/C14H15BrClNO2/c1-3-10-4-5-11(19-10)8-17-13-7-9(16)6-12(15)14(13)18-2/h4-7,17H,3,8H2,1-2H3. The second-order valence-corrected chi connectivity index (χ2v) is 5.33. The lowest BCUT2D eigenvalue weighted by Gasteiger charge is -2.12. The zero-order valence-electron chi connectivity index (χ0n) is 10.8. The Kier molecular flexibility index (Phi) is 4.77. The summed E-state index contributed by atoms with van der Waals surface area (Å²) < 4.78 is 11.8. The van der Waals surface area contributed by atoms with Crippen molar-refractivity contribution in [2.75, 3.05) is 12.4 Å². The van der Waals surface area contributed by atoms with E-state index in [0.29, 0.717) is 11.6 Å². The number of benzene rings is 1. The summed E-state index contributed by atoms with van der Waals surface area (Å²) in [4.78, 5) is 0. The zero-order chi connectivity index (χ0) is 13.8. The molecule has 102 valence electrons. The smallest absolute Gasteiger partial charge is 0.156 e. The number of nitrogens with one attached hydrogen (secondary N) is 1. The predicted molar refractivity (Wildman–Crippen MR) is 81.1 cm³/mol. The zero-order valence-corrected chi connectivity index (χ0v) is 13.1. The molecule has 0 saturated heterocycles. The summed E-state index contributed by atoms with van der Waals surface area (Å²) in [5.74, 6) is 2.60. The Morgan fingerprint density at radius 1 is 1.32 bits per heavy atom. The molecule has 5 heteroatoms. The summed E-state index contributed by atoms with van der Waals surface area (Å²) >= 11 is 9.47. The van der Waals surface area contributed by atoms with Crippen molar-refractivity contribution in [1.82, 2.24) is 0 Å². The number of hydrogen-bond donors (Lipinski definition) is 1. The molecule has 0 spiro atoms. The van der Waals surface area contributed by atoms with Gasteiger partial charge in [0.2, 0.25) is 0 Å². The first kappa shape index (κ1) is 14.3. The normalized spacial score (nSPS) is 10.5. The van der Waals surface area contributed by atoms with Gasteiger partial charge in [-0.25, -0.2) is 0 Å². The maximum Gasteiger partial charge on any atom is 0.156 e. The van der Waals surface area contributed by atoms with Crippen LogP contribution in [-0.2, 0) is 13.0 Å². The van der Waals surface area contributed by atoms with Crippen LogP contribution in [0.15, 0.2) is 33.2 Å². The van der Waals surface area contributed by atoms with Crippen LogP contribution in [0.2, 0.25) is 5.02 Å². The van der Waals surface area contributed by atoms with Crippen molar-refractivity contribution < 1.29 is 9.15 Å². The molecular weight excluding hydrogens is 330 g/mol. The van der Waals surface area contributed by atoms with Crippen molar-refractivity contribution in [3.63, 3.8) is 0 Å². The third-order valence-corrected chi connectivity index (χ3v) is 3.54. The van der Waals surface area contributed by atoms with Gasteiger partial charge in [0.1, 0.15) is 11.5 Å². The average molecular weight is 345 g/mol. The van der Waals surface area contributed by atoms with Crippen LogP contribution in [0.25, 0.3) is 0 Å². The van der Waals surface area contributed by atoms with E-state index in [1.807, 2.05) is 18.2 Å². The molecule has 0 atom stereocenters. The Labute approximate surface area is 126 Å². The van der Waals surface area contributed by atoms with Gasteiger partial charge in [-0.1, -0.05) is 18.5 Å². The number of ether oxygens (including phenoxy) is 1. The number of anilines is 1. The van der Waals surface area contributed by atoms with Crippen LogP contribution in [0.4, 0.5) is 5.69 Å². The van der Waals surface area contributed by atoms with Crippen LogP contribution in [-0.4, -0.2) is 7.11 Å². The molecule has 1 aromatic heterocycles. The van der Waals surface area contributed by atoms with Crippen LogP contribution >= 0.6 is 27.5 Å². The number of halogens is 2. The topological polar surface area (TPSA) is 34.4 Å². The fourth-order valence-electron chi connectivity index (χ4n) is 1.79. The van der Waals surface area contributed by atoms with E-state index in [0.717, 1.165) is 33.9 Å². The van der Waals surface area contributed by atoms with Crippen molar-refractivity contribution in [1.29, 1.82) is 0 Å². The average Bonchev–Trinajstić information content (AvgIpc) is 2.83. The monoisotopic (exact) mass is 343 g/mol. The van der Waals surface area contributed by atoms with Crippen LogP contribution in [0.1, 0.15) is 18.4 Å². The molecule has 0 amide bonds. The third-order valence-electron chi connectivity index (χ3n) is 2.73. The van der Waals surface area contributed by atoms with E-state index in [-0.39, 0.29) is 0 Å². The lowest BCUT2D eigenvalue weighted by Crippen LogP contribution is -2.01. The molecule has 0 bridgehead atoms. The molecule has 0 aliphatic heterocycles. The molecule has 0 aliphatic rings. The molecule has 0 aliphatic carbocycles. The van der Waals surface area contributed by atoms with Gasteiger partial charge in [-0.3, -0.25) is 0 Å². The van der Waals surface area contributed by atoms with E-state index in [4.69, 9.17) is 20.8 Å². The van der Waals surface area contributed by atoms with Gasteiger partial charge in [-0.2, -0.15) is 0 Å². The van der Waals surface area contributed by atoms with Crippen molar-refractivity contribution in [2.45, 2.75) is 19.9 Å². The first-order chi connectivity index (χ1) is 9.13. The van der Waals surface area contributed by atoms with Gasteiger partial charge in [0.15, 0.2) is 5.75 Å². The fourth-order valence-corrected chi connectivity index (χ4v) is 2.76. The molecular formula is C14H15BrClNO2. The van der Waals surface area contributed by atoms with E-state index in [2.05, 4.69) is 28.2 Å². The van der Waals surface area contributed by atoms with Crippen LogP contribution < -0.4 is 10.1 Å². The van der Waals surface area contributed by atoms with Gasteiger partial charge >= 0.3 is 0 Å². The molecule has 0 saturated carbocycles. The van der Waals surface area contributed by atoms with Gasteiger partial charge in [-0.05, 0) is 40.2 Å². The maximum atomic E-state index is 6.04. The summed E-state index contributed by atoms with van der Waals surface area (Å²) in [7, 11) is 1.63. The first-order valence-electron chi connectivity index (χ1n) is 5.98. The minimum absolute atomic E-state index is 0.586. The molecule has 2 aromatic rings. The second-order valence-electron chi connectivity index (χ2n) is 4.04. The highest BCUT2D eigenvalue weighted by Crippen LogP contribution is 2.36. The Balaban J connectivity index is 2.14. The molecule has 1 aromatic carbocycles. The van der Waals surface area contributed by atoms with E-state index in [9.17, 15) is 0 Å². The Morgan fingerprint density at radius 2 is 2.05 bits per heavy atom. The molecule has 2 rings (SSSR count). The van der Waals surface area contributed by atoms with Crippen LogP contribution in [0, 0.1) is 0 Å². The fraction of sp³-hybridized carbons (Fsp3) is 0.286. The predicted octanol–water partition coefficient (Wildman–Crippen LogP) is 4.88. The number of hydrogen-bond acceptors (Lipinski definition) is 3. The molecule has 3 nitrogen and oxygen atoms in total. The lowest BCUT2D eigenvalue weighted by atomic mass is 10.3. The van der Waals surface area contributed by atoms with E-state index in [1.165, 1.54) is 0 Å². The van der Waals surface area contributed by atoms with Gasteiger partial charge < -0.3 is 14.5 Å². The van der Waals surface area contributed by atoms with E-state index >= 15 is 0 Å². The highest BCUT2D eigenvalue weighted by Gasteiger charge is 2.10. The van der Waals surface area contributed by atoms with Gasteiger partial charge in [0, 0.05) is 11.4 Å². The minimum atomic E-state index is 0.586. The van der Waals surface area contributed by atoms with Gasteiger partial charge in [-0.15, -0.1) is 0 Å². The Morgan fingerprint density at radius 3 is 2.68 bits per heavy atom. The van der Waals surface area contributed by atoms with Crippen molar-refractivity contribution in [2.24, 2.45) is 0 Å². The maximum absolute atomic E-state index is 6.04. The molecule has 1 heterocycles. The van der Waals surface area contributed by atoms with E-state index < -0.39 is 0 Å².